The van der Waals surface area contributed by atoms with E-state index in [4.69, 9.17) is 14.9 Å². The minimum Gasteiger partial charge on any atom is -0.463 e. The fraction of sp³-hybridized carbons (Fsp3) is 0.217. The van der Waals surface area contributed by atoms with Crippen LogP contribution < -0.4 is 5.73 Å². The number of hydrogen-bond donors (Lipinski definition) is 1. The van der Waals surface area contributed by atoms with Gasteiger partial charge in [0.1, 0.15) is 16.8 Å². The number of nitrogen functional groups attached to an aromatic ring is 1. The van der Waals surface area contributed by atoms with Crippen LogP contribution >= 0.6 is 0 Å². The van der Waals surface area contributed by atoms with E-state index < -0.39 is 11.7 Å². The summed E-state index contributed by atoms with van der Waals surface area (Å²) >= 11 is 0. The fourth-order valence-corrected chi connectivity index (χ4v) is 3.68. The highest BCUT2D eigenvalue weighted by Gasteiger charge is 2.20. The zero-order chi connectivity index (χ0) is 22.5. The first kappa shape index (κ1) is 19.8. The van der Waals surface area contributed by atoms with Crippen LogP contribution in [0, 0.1) is 0 Å². The zero-order valence-corrected chi connectivity index (χ0v) is 17.9. The number of furan rings is 1. The van der Waals surface area contributed by atoms with E-state index in [0.29, 0.717) is 29.2 Å². The summed E-state index contributed by atoms with van der Waals surface area (Å²) in [6.45, 7) is 6.02. The lowest BCUT2D eigenvalue weighted by molar-refractivity contribution is 0.0544. The summed E-state index contributed by atoms with van der Waals surface area (Å²) in [6, 6.07) is 11.3. The molecule has 32 heavy (non-hydrogen) atoms. The van der Waals surface area contributed by atoms with E-state index in [-0.39, 0.29) is 5.95 Å². The van der Waals surface area contributed by atoms with Crippen molar-refractivity contribution in [2.75, 3.05) is 5.73 Å². The molecule has 9 heteroatoms. The number of nitrogens with two attached hydrogens (primary N) is 1. The predicted molar refractivity (Wildman–Crippen MR) is 120 cm³/mol. The summed E-state index contributed by atoms with van der Waals surface area (Å²) in [5.74, 6) is 0.714. The lowest BCUT2D eigenvalue weighted by Crippen LogP contribution is -2.26. The number of ether oxygens (including phenoxy) is 1. The maximum Gasteiger partial charge on any atom is 0.418 e. The molecule has 4 aromatic heterocycles. The molecule has 0 atom stereocenters. The Bertz CT molecular complexity index is 1440. The van der Waals surface area contributed by atoms with Gasteiger partial charge in [-0.15, -0.1) is 0 Å². The van der Waals surface area contributed by atoms with Crippen LogP contribution in [0.4, 0.5) is 10.7 Å². The third-order valence-corrected chi connectivity index (χ3v) is 4.99. The molecule has 0 spiro atoms. The summed E-state index contributed by atoms with van der Waals surface area (Å²) in [5.41, 5.74) is 8.92. The van der Waals surface area contributed by atoms with E-state index >= 15 is 0 Å². The first-order valence-corrected chi connectivity index (χ1v) is 10.1. The van der Waals surface area contributed by atoms with Gasteiger partial charge in [-0.3, -0.25) is 4.57 Å². The van der Waals surface area contributed by atoms with Gasteiger partial charge in [0.2, 0.25) is 5.95 Å². The molecule has 0 aliphatic heterocycles. The molecule has 0 unspecified atom stereocenters. The first-order chi connectivity index (χ1) is 15.3. The highest BCUT2D eigenvalue weighted by molar-refractivity contribution is 5.92. The van der Waals surface area contributed by atoms with Crippen molar-refractivity contribution >= 4 is 34.1 Å². The van der Waals surface area contributed by atoms with Crippen LogP contribution in [0.5, 0.6) is 0 Å². The highest BCUT2D eigenvalue weighted by atomic mass is 16.6. The van der Waals surface area contributed by atoms with Crippen molar-refractivity contribution in [2.45, 2.75) is 32.9 Å². The fourth-order valence-electron chi connectivity index (χ4n) is 3.68. The zero-order valence-electron chi connectivity index (χ0n) is 17.9. The summed E-state index contributed by atoms with van der Waals surface area (Å²) in [4.78, 5) is 25.8. The van der Waals surface area contributed by atoms with Gasteiger partial charge in [-0.1, -0.05) is 12.1 Å². The maximum atomic E-state index is 12.6. The molecule has 4 heterocycles. The number of imidazole rings is 1. The van der Waals surface area contributed by atoms with E-state index in [0.717, 1.165) is 16.5 Å². The van der Waals surface area contributed by atoms with Gasteiger partial charge in [0.25, 0.3) is 0 Å². The molecule has 0 fully saturated rings. The van der Waals surface area contributed by atoms with Gasteiger partial charge in [0.15, 0.2) is 11.4 Å². The Morgan fingerprint density at radius 2 is 2.00 bits per heavy atom. The molecule has 0 radical (unpaired) electrons. The Labute approximate surface area is 183 Å². The molecule has 9 nitrogen and oxygen atoms in total. The van der Waals surface area contributed by atoms with Gasteiger partial charge in [-0.25, -0.2) is 14.8 Å². The lowest BCUT2D eigenvalue weighted by atomic mass is 10.1. The van der Waals surface area contributed by atoms with E-state index in [1.165, 1.54) is 4.57 Å². The Balaban J connectivity index is 1.55. The second-order valence-corrected chi connectivity index (χ2v) is 8.47. The molecular weight excluding hydrogens is 408 g/mol. The summed E-state index contributed by atoms with van der Waals surface area (Å²) < 4.78 is 14.4. The van der Waals surface area contributed by atoms with Crippen molar-refractivity contribution in [1.82, 2.24) is 24.1 Å². The van der Waals surface area contributed by atoms with Crippen molar-refractivity contribution in [3.8, 4) is 11.5 Å². The molecule has 162 valence electrons. The molecule has 0 saturated heterocycles. The highest BCUT2D eigenvalue weighted by Crippen LogP contribution is 2.28. The third-order valence-electron chi connectivity index (χ3n) is 4.99. The number of hydrogen-bond acceptors (Lipinski definition) is 7. The Hall–Kier alpha value is -4.14. The Morgan fingerprint density at radius 1 is 1.16 bits per heavy atom. The van der Waals surface area contributed by atoms with Crippen LogP contribution in [0.25, 0.3) is 33.5 Å². The van der Waals surface area contributed by atoms with E-state index in [9.17, 15) is 4.79 Å². The van der Waals surface area contributed by atoms with Crippen molar-refractivity contribution in [3.63, 3.8) is 0 Å². The van der Waals surface area contributed by atoms with Gasteiger partial charge < -0.3 is 19.5 Å². The van der Waals surface area contributed by atoms with E-state index in [2.05, 4.69) is 15.0 Å². The number of anilines is 1. The van der Waals surface area contributed by atoms with E-state index in [1.807, 2.05) is 49.6 Å². The van der Waals surface area contributed by atoms with Gasteiger partial charge in [-0.05, 0) is 50.6 Å². The van der Waals surface area contributed by atoms with Gasteiger partial charge in [0, 0.05) is 11.6 Å². The average Bonchev–Trinajstić information content (AvgIpc) is 3.46. The molecule has 0 saturated carbocycles. The Morgan fingerprint density at radius 3 is 2.75 bits per heavy atom. The monoisotopic (exact) mass is 430 g/mol. The van der Waals surface area contributed by atoms with Crippen LogP contribution in [0.3, 0.4) is 0 Å². The minimum atomic E-state index is -0.577. The van der Waals surface area contributed by atoms with Gasteiger partial charge >= 0.3 is 6.09 Å². The smallest absolute Gasteiger partial charge is 0.418 e. The largest absolute Gasteiger partial charge is 0.463 e. The van der Waals surface area contributed by atoms with Gasteiger partial charge in [0.05, 0.1) is 24.7 Å². The number of benzene rings is 1. The number of fused-ring (bicyclic) bond motifs is 2. The van der Waals surface area contributed by atoms with Crippen LogP contribution in [0.2, 0.25) is 0 Å². The quantitative estimate of drug-likeness (QED) is 0.449. The number of rotatable bonds is 3. The molecule has 5 aromatic rings. The van der Waals surface area contributed by atoms with Crippen LogP contribution in [-0.4, -0.2) is 35.8 Å². The SMILES string of the molecule is CC(C)(C)OC(=O)n1ccc2c(Cn3cnc4c(-c5ccco5)nc(N)nc43)cccc21. The number of carbonyl (C=O) groups is 1. The van der Waals surface area contributed by atoms with Crippen LogP contribution in [0.15, 0.2) is 59.6 Å². The number of carbonyl (C=O) groups excluding carboxylic acids is 1. The normalized spacial score (nSPS) is 12.0. The third kappa shape index (κ3) is 3.47. The van der Waals surface area contributed by atoms with Crippen molar-refractivity contribution in [2.24, 2.45) is 0 Å². The average molecular weight is 430 g/mol. The van der Waals surface area contributed by atoms with Crippen LogP contribution in [0.1, 0.15) is 26.3 Å². The second kappa shape index (κ2) is 7.23. The minimum absolute atomic E-state index is 0.139. The predicted octanol–water partition coefficient (Wildman–Crippen LogP) is 4.45. The molecule has 2 N–H and O–H groups in total. The lowest BCUT2D eigenvalue weighted by Gasteiger charge is -2.19. The standard InChI is InChI=1S/C23H22N6O3/c1-23(2,3)32-22(30)29-10-9-15-14(6-4-7-16(15)29)12-28-13-25-19-18(17-8-5-11-31-17)26-21(24)27-20(19)28/h4-11,13H,12H2,1-3H3,(H2,24,26,27). The van der Waals surface area contributed by atoms with Crippen molar-refractivity contribution in [3.05, 3.63) is 60.7 Å². The molecule has 1 aromatic carbocycles. The Kier molecular flexibility index (Phi) is 4.47. The van der Waals surface area contributed by atoms with Gasteiger partial charge in [-0.2, -0.15) is 4.98 Å². The van der Waals surface area contributed by atoms with Crippen molar-refractivity contribution in [1.29, 1.82) is 0 Å². The molecule has 0 bridgehead atoms. The second-order valence-electron chi connectivity index (χ2n) is 8.47. The molecule has 5 rings (SSSR count). The number of aromatic nitrogens is 5. The van der Waals surface area contributed by atoms with E-state index in [1.54, 1.807) is 30.9 Å². The van der Waals surface area contributed by atoms with Crippen LogP contribution in [-0.2, 0) is 11.3 Å². The summed E-state index contributed by atoms with van der Waals surface area (Å²) in [5, 5.41) is 0.938. The summed E-state index contributed by atoms with van der Waals surface area (Å²) in [7, 11) is 0. The topological polar surface area (TPSA) is 114 Å². The van der Waals surface area contributed by atoms with Crippen molar-refractivity contribution < 1.29 is 13.9 Å². The summed E-state index contributed by atoms with van der Waals surface area (Å²) in [6.07, 6.45) is 4.59. The number of nitrogens with zero attached hydrogens (tertiary/aromatic N) is 5. The molecule has 0 aliphatic rings. The first-order valence-electron chi connectivity index (χ1n) is 10.1. The molecule has 0 amide bonds. The molecule has 0 aliphatic carbocycles. The molecular formula is C23H22N6O3. The maximum absolute atomic E-state index is 12.6.